The molecule has 3 aromatic rings. The van der Waals surface area contributed by atoms with E-state index in [0.29, 0.717) is 5.69 Å². The monoisotopic (exact) mass is 348 g/mol. The molecule has 1 aromatic carbocycles. The Morgan fingerprint density at radius 1 is 1.12 bits per heavy atom. The van der Waals surface area contributed by atoms with Crippen molar-refractivity contribution in [3.05, 3.63) is 93.0 Å². The Hall–Kier alpha value is -3.74. The Labute approximate surface area is 148 Å². The van der Waals surface area contributed by atoms with E-state index in [1.165, 1.54) is 12.3 Å². The van der Waals surface area contributed by atoms with Crippen LogP contribution in [0, 0.1) is 0 Å². The fraction of sp³-hybridized carbons (Fsp3) is 0.0526. The van der Waals surface area contributed by atoms with E-state index in [9.17, 15) is 14.4 Å². The van der Waals surface area contributed by atoms with Crippen molar-refractivity contribution >= 4 is 23.7 Å². The highest BCUT2D eigenvalue weighted by atomic mass is 16.2. The summed E-state index contributed by atoms with van der Waals surface area (Å²) in [5, 5.41) is 2.73. The smallest absolute Gasteiger partial charge is 0.325 e. The van der Waals surface area contributed by atoms with Gasteiger partial charge in [-0.05, 0) is 35.9 Å². The average Bonchev–Trinajstić information content (AvgIpc) is 2.63. The SMILES string of the molecule is O=C(Cn1ccc(=O)[nH]c1=O)Nc1cccc(C=Cc2ccccn2)c1. The summed E-state index contributed by atoms with van der Waals surface area (Å²) in [6.45, 7) is -0.191. The predicted octanol–water partition coefficient (Wildman–Crippen LogP) is 1.74. The molecule has 7 nitrogen and oxygen atoms in total. The van der Waals surface area contributed by atoms with Gasteiger partial charge in [-0.25, -0.2) is 4.79 Å². The fourth-order valence-corrected chi connectivity index (χ4v) is 2.30. The van der Waals surface area contributed by atoms with E-state index in [0.717, 1.165) is 15.8 Å². The van der Waals surface area contributed by atoms with Crippen LogP contribution in [0.3, 0.4) is 0 Å². The van der Waals surface area contributed by atoms with Crippen LogP contribution in [-0.4, -0.2) is 20.4 Å². The van der Waals surface area contributed by atoms with E-state index < -0.39 is 11.2 Å². The number of benzene rings is 1. The van der Waals surface area contributed by atoms with Gasteiger partial charge in [0.1, 0.15) is 6.54 Å². The molecule has 0 aliphatic carbocycles. The molecular formula is C19H16N4O3. The van der Waals surface area contributed by atoms with Crippen LogP contribution in [0.25, 0.3) is 12.2 Å². The van der Waals surface area contributed by atoms with E-state index in [-0.39, 0.29) is 12.5 Å². The fourth-order valence-electron chi connectivity index (χ4n) is 2.30. The van der Waals surface area contributed by atoms with E-state index in [1.807, 2.05) is 48.6 Å². The van der Waals surface area contributed by atoms with Crippen molar-refractivity contribution in [2.75, 3.05) is 5.32 Å². The van der Waals surface area contributed by atoms with Crippen molar-refractivity contribution in [3.8, 4) is 0 Å². The lowest BCUT2D eigenvalue weighted by Gasteiger charge is -2.07. The molecule has 0 unspecified atom stereocenters. The number of rotatable bonds is 5. The van der Waals surface area contributed by atoms with E-state index >= 15 is 0 Å². The summed E-state index contributed by atoms with van der Waals surface area (Å²) in [7, 11) is 0. The highest BCUT2D eigenvalue weighted by Gasteiger charge is 2.05. The van der Waals surface area contributed by atoms with Crippen molar-refractivity contribution in [1.29, 1.82) is 0 Å². The third-order valence-electron chi connectivity index (χ3n) is 3.52. The maximum Gasteiger partial charge on any atom is 0.328 e. The molecule has 130 valence electrons. The first-order valence-corrected chi connectivity index (χ1v) is 7.89. The third-order valence-corrected chi connectivity index (χ3v) is 3.52. The Bertz CT molecular complexity index is 1050. The van der Waals surface area contributed by atoms with Crippen molar-refractivity contribution in [2.45, 2.75) is 6.54 Å². The summed E-state index contributed by atoms with van der Waals surface area (Å²) < 4.78 is 1.13. The molecule has 0 fully saturated rings. The van der Waals surface area contributed by atoms with Gasteiger partial charge in [-0.15, -0.1) is 0 Å². The van der Waals surface area contributed by atoms with Crippen LogP contribution in [0.1, 0.15) is 11.3 Å². The summed E-state index contributed by atoms with van der Waals surface area (Å²) in [6, 6.07) is 14.1. The summed E-state index contributed by atoms with van der Waals surface area (Å²) in [4.78, 5) is 41.1. The first kappa shape index (κ1) is 17.1. The Morgan fingerprint density at radius 2 is 2.00 bits per heavy atom. The predicted molar refractivity (Wildman–Crippen MR) is 99.6 cm³/mol. The summed E-state index contributed by atoms with van der Waals surface area (Å²) in [5.74, 6) is -0.370. The van der Waals surface area contributed by atoms with Gasteiger partial charge in [-0.2, -0.15) is 0 Å². The average molecular weight is 348 g/mol. The Kier molecular flexibility index (Phi) is 5.19. The quantitative estimate of drug-likeness (QED) is 0.734. The van der Waals surface area contributed by atoms with Crippen LogP contribution in [0.5, 0.6) is 0 Å². The molecule has 26 heavy (non-hydrogen) atoms. The lowest BCUT2D eigenvalue weighted by Crippen LogP contribution is -2.32. The molecule has 0 spiro atoms. The second kappa shape index (κ2) is 7.89. The molecule has 0 aliphatic rings. The van der Waals surface area contributed by atoms with Crippen molar-refractivity contribution in [1.82, 2.24) is 14.5 Å². The number of carbonyl (C=O) groups excluding carboxylic acids is 1. The second-order valence-corrected chi connectivity index (χ2v) is 5.50. The first-order valence-electron chi connectivity index (χ1n) is 7.89. The molecule has 0 saturated carbocycles. The minimum atomic E-state index is -0.625. The molecule has 3 rings (SSSR count). The van der Waals surface area contributed by atoms with Crippen LogP contribution in [0.2, 0.25) is 0 Å². The number of amides is 1. The maximum absolute atomic E-state index is 12.1. The summed E-state index contributed by atoms with van der Waals surface area (Å²) in [6.07, 6.45) is 6.77. The maximum atomic E-state index is 12.1. The van der Waals surface area contributed by atoms with E-state index in [4.69, 9.17) is 0 Å². The molecule has 0 bridgehead atoms. The zero-order valence-corrected chi connectivity index (χ0v) is 13.8. The van der Waals surface area contributed by atoms with Gasteiger partial charge in [-0.1, -0.05) is 24.3 Å². The first-order chi connectivity index (χ1) is 12.6. The lowest BCUT2D eigenvalue weighted by atomic mass is 10.1. The van der Waals surface area contributed by atoms with Gasteiger partial charge in [-0.3, -0.25) is 24.1 Å². The van der Waals surface area contributed by atoms with Gasteiger partial charge in [0, 0.05) is 24.1 Å². The number of carbonyl (C=O) groups is 1. The molecule has 7 heteroatoms. The molecule has 2 N–H and O–H groups in total. The Morgan fingerprint density at radius 3 is 2.77 bits per heavy atom. The number of nitrogens with zero attached hydrogens (tertiary/aromatic N) is 2. The normalized spacial score (nSPS) is 10.8. The largest absolute Gasteiger partial charge is 0.328 e. The topological polar surface area (TPSA) is 96.9 Å². The third kappa shape index (κ3) is 4.64. The zero-order valence-electron chi connectivity index (χ0n) is 13.8. The van der Waals surface area contributed by atoms with Gasteiger partial charge in [0.05, 0.1) is 5.69 Å². The molecular weight excluding hydrogens is 332 g/mol. The van der Waals surface area contributed by atoms with Crippen molar-refractivity contribution in [3.63, 3.8) is 0 Å². The molecule has 2 heterocycles. The molecule has 0 saturated heterocycles. The van der Waals surface area contributed by atoms with Crippen LogP contribution in [0.15, 0.2) is 70.5 Å². The molecule has 0 atom stereocenters. The van der Waals surface area contributed by atoms with Gasteiger partial charge < -0.3 is 5.32 Å². The summed E-state index contributed by atoms with van der Waals surface area (Å²) >= 11 is 0. The van der Waals surface area contributed by atoms with Crippen LogP contribution in [-0.2, 0) is 11.3 Å². The van der Waals surface area contributed by atoms with E-state index in [2.05, 4.69) is 15.3 Å². The number of aromatic amines is 1. The number of nitrogens with one attached hydrogen (secondary N) is 2. The van der Waals surface area contributed by atoms with Gasteiger partial charge in [0.15, 0.2) is 0 Å². The molecule has 0 radical (unpaired) electrons. The van der Waals surface area contributed by atoms with E-state index in [1.54, 1.807) is 12.3 Å². The molecule has 0 aliphatic heterocycles. The second-order valence-electron chi connectivity index (χ2n) is 5.50. The lowest BCUT2D eigenvalue weighted by molar-refractivity contribution is -0.116. The minimum absolute atomic E-state index is 0.191. The van der Waals surface area contributed by atoms with Gasteiger partial charge in [0.2, 0.25) is 5.91 Å². The summed E-state index contributed by atoms with van der Waals surface area (Å²) in [5.41, 5.74) is 1.21. The number of H-pyrrole nitrogens is 1. The molecule has 2 aromatic heterocycles. The van der Waals surface area contributed by atoms with Crippen LogP contribution < -0.4 is 16.6 Å². The number of anilines is 1. The number of hydrogen-bond acceptors (Lipinski definition) is 4. The number of hydrogen-bond donors (Lipinski definition) is 2. The highest BCUT2D eigenvalue weighted by Crippen LogP contribution is 2.13. The van der Waals surface area contributed by atoms with Crippen molar-refractivity contribution < 1.29 is 4.79 Å². The number of aromatic nitrogens is 3. The van der Waals surface area contributed by atoms with Crippen molar-refractivity contribution in [2.24, 2.45) is 0 Å². The van der Waals surface area contributed by atoms with Gasteiger partial charge in [0.25, 0.3) is 5.56 Å². The van der Waals surface area contributed by atoms with Crippen LogP contribution in [0.4, 0.5) is 5.69 Å². The Balaban J connectivity index is 1.68. The number of pyridine rings is 1. The minimum Gasteiger partial charge on any atom is -0.325 e. The molecule has 1 amide bonds. The highest BCUT2D eigenvalue weighted by molar-refractivity contribution is 5.91. The zero-order chi connectivity index (χ0) is 18.4. The van der Waals surface area contributed by atoms with Gasteiger partial charge >= 0.3 is 5.69 Å². The van der Waals surface area contributed by atoms with Crippen LogP contribution >= 0.6 is 0 Å². The standard InChI is InChI=1S/C19H16N4O3/c24-17-9-11-23(19(26)22-17)13-18(25)21-16-6-3-4-14(12-16)7-8-15-5-1-2-10-20-15/h1-12H,13H2,(H,21,25)(H,22,24,26).